The van der Waals surface area contributed by atoms with E-state index in [4.69, 9.17) is 16.7 Å². The van der Waals surface area contributed by atoms with Crippen LogP contribution in [0.4, 0.5) is 5.69 Å². The van der Waals surface area contributed by atoms with Crippen molar-refractivity contribution in [3.63, 3.8) is 0 Å². The third-order valence-corrected chi connectivity index (χ3v) is 5.03. The van der Waals surface area contributed by atoms with Crippen molar-refractivity contribution in [1.82, 2.24) is 0 Å². The molecule has 0 aliphatic carbocycles. The van der Waals surface area contributed by atoms with Gasteiger partial charge in [-0.25, -0.2) is 8.42 Å². The largest absolute Gasteiger partial charge is 0.481 e. The second kappa shape index (κ2) is 6.81. The first-order valence-corrected chi connectivity index (χ1v) is 8.28. The molecule has 0 saturated heterocycles. The summed E-state index contributed by atoms with van der Waals surface area (Å²) in [4.78, 5) is 10.9. The van der Waals surface area contributed by atoms with Crippen molar-refractivity contribution < 1.29 is 18.3 Å². The zero-order valence-corrected chi connectivity index (χ0v) is 13.1. The number of halogens is 1. The van der Waals surface area contributed by atoms with Gasteiger partial charge in [0.1, 0.15) is 0 Å². The third kappa shape index (κ3) is 3.78. The molecule has 2 aromatic carbocycles. The fraction of sp³-hybridized carbons (Fsp3) is 0.133. The van der Waals surface area contributed by atoms with Crippen LogP contribution in [-0.4, -0.2) is 26.0 Å². The standard InChI is InChI=1S/C15H14ClNO4S/c16-12-5-4-6-13(11-12)17(10-9-15(18)19)22(20,21)14-7-2-1-3-8-14/h1-8,11H,9-10H2,(H,18,19). The number of anilines is 1. The highest BCUT2D eigenvalue weighted by Crippen LogP contribution is 2.26. The number of benzene rings is 2. The summed E-state index contributed by atoms with van der Waals surface area (Å²) in [5.41, 5.74) is 0.331. The lowest BCUT2D eigenvalue weighted by molar-refractivity contribution is -0.136. The van der Waals surface area contributed by atoms with Gasteiger partial charge in [-0.1, -0.05) is 35.9 Å². The molecular weight excluding hydrogens is 326 g/mol. The number of carboxylic acid groups (broad SMARTS) is 1. The molecule has 0 radical (unpaired) electrons. The molecule has 0 aliphatic heterocycles. The molecule has 0 spiro atoms. The molecule has 22 heavy (non-hydrogen) atoms. The van der Waals surface area contributed by atoms with Gasteiger partial charge in [-0.2, -0.15) is 0 Å². The van der Waals surface area contributed by atoms with Crippen LogP contribution in [-0.2, 0) is 14.8 Å². The van der Waals surface area contributed by atoms with E-state index in [1.165, 1.54) is 18.2 Å². The first-order valence-electron chi connectivity index (χ1n) is 6.46. The summed E-state index contributed by atoms with van der Waals surface area (Å²) in [6, 6.07) is 14.2. The van der Waals surface area contributed by atoms with E-state index in [0.29, 0.717) is 10.7 Å². The van der Waals surface area contributed by atoms with Crippen LogP contribution in [0.15, 0.2) is 59.5 Å². The molecule has 2 rings (SSSR count). The SMILES string of the molecule is O=C(O)CCN(c1cccc(Cl)c1)S(=O)(=O)c1ccccc1. The highest BCUT2D eigenvalue weighted by Gasteiger charge is 2.25. The number of sulfonamides is 1. The van der Waals surface area contributed by atoms with Crippen LogP contribution in [0.2, 0.25) is 5.02 Å². The Morgan fingerprint density at radius 3 is 2.36 bits per heavy atom. The first kappa shape index (κ1) is 16.3. The van der Waals surface area contributed by atoms with E-state index in [1.807, 2.05) is 0 Å². The molecule has 0 amide bonds. The predicted molar refractivity (Wildman–Crippen MR) is 84.7 cm³/mol. The number of hydrogen-bond acceptors (Lipinski definition) is 3. The van der Waals surface area contributed by atoms with Gasteiger partial charge in [0, 0.05) is 11.6 Å². The topological polar surface area (TPSA) is 74.7 Å². The van der Waals surface area contributed by atoms with Crippen LogP contribution < -0.4 is 4.31 Å². The van der Waals surface area contributed by atoms with E-state index in [1.54, 1.807) is 36.4 Å². The average molecular weight is 340 g/mol. The number of hydrogen-bond donors (Lipinski definition) is 1. The van der Waals surface area contributed by atoms with Crippen molar-refractivity contribution >= 4 is 33.3 Å². The van der Waals surface area contributed by atoms with Gasteiger partial charge in [0.05, 0.1) is 17.0 Å². The minimum Gasteiger partial charge on any atom is -0.481 e. The molecule has 5 nitrogen and oxygen atoms in total. The minimum atomic E-state index is -3.86. The number of carbonyl (C=O) groups is 1. The molecule has 0 unspecified atom stereocenters. The zero-order chi connectivity index (χ0) is 16.2. The Morgan fingerprint density at radius 2 is 1.77 bits per heavy atom. The molecule has 7 heteroatoms. The Hall–Kier alpha value is -2.05. The second-order valence-electron chi connectivity index (χ2n) is 4.51. The summed E-state index contributed by atoms with van der Waals surface area (Å²) in [5, 5.41) is 9.23. The number of aliphatic carboxylic acids is 1. The van der Waals surface area contributed by atoms with Crippen molar-refractivity contribution in [1.29, 1.82) is 0 Å². The monoisotopic (exact) mass is 339 g/mol. The molecule has 1 N–H and O–H groups in total. The molecule has 0 heterocycles. The van der Waals surface area contributed by atoms with Gasteiger partial charge in [-0.3, -0.25) is 9.10 Å². The van der Waals surface area contributed by atoms with E-state index >= 15 is 0 Å². The summed E-state index contributed by atoms with van der Waals surface area (Å²) < 4.78 is 26.6. The molecule has 0 bridgehead atoms. The van der Waals surface area contributed by atoms with Gasteiger partial charge in [0.25, 0.3) is 10.0 Å². The lowest BCUT2D eigenvalue weighted by atomic mass is 10.3. The Kier molecular flexibility index (Phi) is 5.05. The Bertz CT molecular complexity index is 762. The van der Waals surface area contributed by atoms with Crippen molar-refractivity contribution in [2.24, 2.45) is 0 Å². The van der Waals surface area contributed by atoms with Crippen LogP contribution in [0.3, 0.4) is 0 Å². The van der Waals surface area contributed by atoms with Crippen LogP contribution in [0.1, 0.15) is 6.42 Å². The third-order valence-electron chi connectivity index (χ3n) is 2.96. The average Bonchev–Trinajstić information content (AvgIpc) is 2.48. The first-order chi connectivity index (χ1) is 10.4. The van der Waals surface area contributed by atoms with Gasteiger partial charge < -0.3 is 5.11 Å². The Labute approximate surface area is 133 Å². The van der Waals surface area contributed by atoms with Crippen molar-refractivity contribution in [3.8, 4) is 0 Å². The van der Waals surface area contributed by atoms with Gasteiger partial charge in [0.2, 0.25) is 0 Å². The summed E-state index contributed by atoms with van der Waals surface area (Å²) in [5.74, 6) is -1.07. The lowest BCUT2D eigenvalue weighted by Crippen LogP contribution is -2.33. The highest BCUT2D eigenvalue weighted by atomic mass is 35.5. The van der Waals surface area contributed by atoms with Gasteiger partial charge in [0.15, 0.2) is 0 Å². The number of rotatable bonds is 6. The van der Waals surface area contributed by atoms with Gasteiger partial charge in [-0.15, -0.1) is 0 Å². The fourth-order valence-corrected chi connectivity index (χ4v) is 3.60. The second-order valence-corrected chi connectivity index (χ2v) is 6.81. The fourth-order valence-electron chi connectivity index (χ4n) is 1.94. The van der Waals surface area contributed by atoms with Crippen LogP contribution in [0.5, 0.6) is 0 Å². The molecule has 0 aliphatic rings. The van der Waals surface area contributed by atoms with E-state index < -0.39 is 16.0 Å². The van der Waals surface area contributed by atoms with Crippen molar-refractivity contribution in [2.75, 3.05) is 10.8 Å². The molecule has 0 saturated carbocycles. The van der Waals surface area contributed by atoms with Crippen molar-refractivity contribution in [2.45, 2.75) is 11.3 Å². The van der Waals surface area contributed by atoms with Crippen molar-refractivity contribution in [3.05, 3.63) is 59.6 Å². The summed E-state index contributed by atoms with van der Waals surface area (Å²) in [7, 11) is -3.86. The molecule has 116 valence electrons. The highest BCUT2D eigenvalue weighted by molar-refractivity contribution is 7.92. The van der Waals surface area contributed by atoms with E-state index in [2.05, 4.69) is 0 Å². The number of nitrogens with zero attached hydrogens (tertiary/aromatic N) is 1. The van der Waals surface area contributed by atoms with Crippen LogP contribution in [0.25, 0.3) is 0 Å². The zero-order valence-electron chi connectivity index (χ0n) is 11.5. The maximum absolute atomic E-state index is 12.7. The normalized spacial score (nSPS) is 11.1. The Morgan fingerprint density at radius 1 is 1.09 bits per heavy atom. The number of carboxylic acids is 1. The Balaban J connectivity index is 2.46. The van der Waals surface area contributed by atoms with E-state index in [0.717, 1.165) is 4.31 Å². The maximum atomic E-state index is 12.7. The molecular formula is C15H14ClNO4S. The van der Waals surface area contributed by atoms with Crippen LogP contribution in [0, 0.1) is 0 Å². The summed E-state index contributed by atoms with van der Waals surface area (Å²) in [6.07, 6.45) is -0.307. The van der Waals surface area contributed by atoms with Gasteiger partial charge >= 0.3 is 5.97 Å². The molecule has 2 aromatic rings. The molecule has 0 aromatic heterocycles. The molecule has 0 atom stereocenters. The minimum absolute atomic E-state index is 0.0976. The van der Waals surface area contributed by atoms with Crippen LogP contribution >= 0.6 is 11.6 Å². The summed E-state index contributed by atoms with van der Waals surface area (Å²) in [6.45, 7) is -0.174. The van der Waals surface area contributed by atoms with Gasteiger partial charge in [-0.05, 0) is 30.3 Å². The lowest BCUT2D eigenvalue weighted by Gasteiger charge is -2.24. The molecule has 0 fully saturated rings. The maximum Gasteiger partial charge on any atom is 0.305 e. The predicted octanol–water partition coefficient (Wildman–Crippen LogP) is 3.01. The van der Waals surface area contributed by atoms with E-state index in [9.17, 15) is 13.2 Å². The van der Waals surface area contributed by atoms with E-state index in [-0.39, 0.29) is 17.9 Å². The summed E-state index contributed by atoms with van der Waals surface area (Å²) >= 11 is 5.91. The smallest absolute Gasteiger partial charge is 0.305 e. The quantitative estimate of drug-likeness (QED) is 0.877.